The average Bonchev–Trinajstić information content (AvgIpc) is 3.45. The van der Waals surface area contributed by atoms with Gasteiger partial charge in [-0.15, -0.1) is 11.3 Å². The molecule has 1 aliphatic carbocycles. The maximum Gasteiger partial charge on any atom is 0.233 e. The van der Waals surface area contributed by atoms with E-state index in [0.29, 0.717) is 49.4 Å². The van der Waals surface area contributed by atoms with Crippen LogP contribution in [0.2, 0.25) is 5.02 Å². The number of nitrogens with zero attached hydrogens (tertiary/aromatic N) is 2. The van der Waals surface area contributed by atoms with E-state index >= 15 is 0 Å². The third-order valence-corrected chi connectivity index (χ3v) is 9.00. The first-order valence-electron chi connectivity index (χ1n) is 13.0. The van der Waals surface area contributed by atoms with Gasteiger partial charge in [-0.05, 0) is 54.8 Å². The number of amides is 1. The van der Waals surface area contributed by atoms with Crippen molar-refractivity contribution in [2.45, 2.75) is 37.3 Å². The zero-order valence-electron chi connectivity index (χ0n) is 20.8. The Morgan fingerprint density at radius 1 is 1.11 bits per heavy atom. The normalized spacial score (nSPS) is 20.0. The Morgan fingerprint density at radius 2 is 1.95 bits per heavy atom. The summed E-state index contributed by atoms with van der Waals surface area (Å²) in [7, 11) is 0. The van der Waals surface area contributed by atoms with Crippen LogP contribution in [0.25, 0.3) is 20.8 Å². The van der Waals surface area contributed by atoms with Crippen molar-refractivity contribution in [2.75, 3.05) is 26.4 Å². The molecule has 4 aromatic rings. The van der Waals surface area contributed by atoms with Crippen LogP contribution in [0.3, 0.4) is 0 Å². The molecule has 6 nitrogen and oxygen atoms in total. The lowest BCUT2D eigenvalue weighted by Gasteiger charge is -2.26. The smallest absolute Gasteiger partial charge is 0.233 e. The van der Waals surface area contributed by atoms with Gasteiger partial charge in [0.15, 0.2) is 11.5 Å². The fourth-order valence-electron chi connectivity index (χ4n) is 5.47. The molecule has 0 N–H and O–H groups in total. The SMILES string of the molecule is O=C(N1CCOc2c(cc(-c3nc4ccccc4s3)cc2OC2CCOC2)C1)C1(c2ccc(Cl)cc2)CC1. The summed E-state index contributed by atoms with van der Waals surface area (Å²) in [4.78, 5) is 20.8. The summed E-state index contributed by atoms with van der Waals surface area (Å²) in [6.07, 6.45) is 2.52. The third-order valence-electron chi connectivity index (χ3n) is 7.67. The Balaban J connectivity index is 1.26. The molecule has 38 heavy (non-hydrogen) atoms. The molecule has 7 rings (SSSR count). The highest BCUT2D eigenvalue weighted by atomic mass is 35.5. The van der Waals surface area contributed by atoms with Gasteiger partial charge in [0.05, 0.1) is 35.4 Å². The molecule has 8 heteroatoms. The molecule has 3 heterocycles. The van der Waals surface area contributed by atoms with Crippen molar-refractivity contribution in [3.05, 3.63) is 76.8 Å². The Morgan fingerprint density at radius 3 is 2.71 bits per heavy atom. The van der Waals surface area contributed by atoms with E-state index in [4.69, 9.17) is 30.8 Å². The summed E-state index contributed by atoms with van der Waals surface area (Å²) in [6.45, 7) is 2.65. The van der Waals surface area contributed by atoms with E-state index in [1.807, 2.05) is 53.4 Å². The van der Waals surface area contributed by atoms with Crippen LogP contribution in [0.1, 0.15) is 30.4 Å². The summed E-state index contributed by atoms with van der Waals surface area (Å²) in [6, 6.07) is 20.0. The van der Waals surface area contributed by atoms with Crippen molar-refractivity contribution in [1.82, 2.24) is 9.88 Å². The summed E-state index contributed by atoms with van der Waals surface area (Å²) in [5.74, 6) is 1.56. The fraction of sp³-hybridized carbons (Fsp3) is 0.333. The minimum absolute atomic E-state index is 0.0195. The maximum absolute atomic E-state index is 13.9. The fourth-order valence-corrected chi connectivity index (χ4v) is 6.55. The number of carbonyl (C=O) groups is 1. The number of ether oxygens (including phenoxy) is 3. The lowest BCUT2D eigenvalue weighted by Crippen LogP contribution is -2.40. The van der Waals surface area contributed by atoms with Crippen LogP contribution >= 0.6 is 22.9 Å². The van der Waals surface area contributed by atoms with Crippen molar-refractivity contribution in [3.8, 4) is 22.1 Å². The molecule has 3 aromatic carbocycles. The van der Waals surface area contributed by atoms with Gasteiger partial charge in [-0.1, -0.05) is 35.9 Å². The standard InChI is InChI=1S/C30H27ClN2O4S/c31-22-7-5-21(6-8-22)30(10-11-30)29(34)33-12-14-36-27-20(17-33)15-19(16-25(27)37-23-9-13-35-18-23)28-32-24-3-1-2-4-26(24)38-28/h1-8,15-16,23H,9-14,17-18H2. The molecular weight excluding hydrogens is 520 g/mol. The molecule has 1 amide bonds. The van der Waals surface area contributed by atoms with Crippen LogP contribution in [0.5, 0.6) is 11.5 Å². The number of benzene rings is 3. The summed E-state index contributed by atoms with van der Waals surface area (Å²) in [5, 5.41) is 1.60. The van der Waals surface area contributed by atoms with E-state index in [-0.39, 0.29) is 12.0 Å². The van der Waals surface area contributed by atoms with E-state index in [2.05, 4.69) is 12.1 Å². The molecule has 0 radical (unpaired) electrons. The number of hydrogen-bond acceptors (Lipinski definition) is 6. The number of rotatable bonds is 5. The Labute approximate surface area is 230 Å². The second kappa shape index (κ2) is 9.56. The molecule has 1 aromatic heterocycles. The molecule has 0 bridgehead atoms. The second-order valence-electron chi connectivity index (χ2n) is 10.2. The Bertz CT molecular complexity index is 1480. The maximum atomic E-state index is 13.9. The van der Waals surface area contributed by atoms with Crippen LogP contribution in [0.4, 0.5) is 0 Å². The third kappa shape index (κ3) is 4.32. The molecule has 3 aliphatic rings. The molecule has 1 atom stereocenters. The molecule has 1 unspecified atom stereocenters. The molecule has 1 saturated carbocycles. The summed E-state index contributed by atoms with van der Waals surface area (Å²) < 4.78 is 19.4. The van der Waals surface area contributed by atoms with Gasteiger partial charge < -0.3 is 19.1 Å². The van der Waals surface area contributed by atoms with Crippen molar-refractivity contribution in [2.24, 2.45) is 0 Å². The minimum atomic E-state index is -0.472. The first-order valence-corrected chi connectivity index (χ1v) is 14.2. The van der Waals surface area contributed by atoms with Gasteiger partial charge in [0.2, 0.25) is 5.91 Å². The van der Waals surface area contributed by atoms with Gasteiger partial charge in [0.1, 0.15) is 17.7 Å². The highest BCUT2D eigenvalue weighted by Gasteiger charge is 2.53. The van der Waals surface area contributed by atoms with E-state index in [1.165, 1.54) is 0 Å². The second-order valence-corrected chi connectivity index (χ2v) is 11.7. The Hall–Kier alpha value is -3.13. The molecule has 1 saturated heterocycles. The highest BCUT2D eigenvalue weighted by Crippen LogP contribution is 2.50. The largest absolute Gasteiger partial charge is 0.487 e. The molecule has 2 fully saturated rings. The van der Waals surface area contributed by atoms with Gasteiger partial charge in [-0.2, -0.15) is 0 Å². The first kappa shape index (κ1) is 23.9. The number of halogens is 1. The van der Waals surface area contributed by atoms with Crippen molar-refractivity contribution in [3.63, 3.8) is 0 Å². The van der Waals surface area contributed by atoms with E-state index in [0.717, 1.165) is 51.2 Å². The first-order chi connectivity index (χ1) is 18.6. The predicted molar refractivity (Wildman–Crippen MR) is 148 cm³/mol. The summed E-state index contributed by atoms with van der Waals surface area (Å²) >= 11 is 7.77. The lowest BCUT2D eigenvalue weighted by atomic mass is 9.94. The Kier molecular flexibility index (Phi) is 6.02. The monoisotopic (exact) mass is 546 g/mol. The predicted octanol–water partition coefficient (Wildman–Crippen LogP) is 6.24. The average molecular weight is 547 g/mol. The number of aromatic nitrogens is 1. The lowest BCUT2D eigenvalue weighted by molar-refractivity contribution is -0.134. The minimum Gasteiger partial charge on any atom is -0.487 e. The van der Waals surface area contributed by atoms with Gasteiger partial charge in [0.25, 0.3) is 0 Å². The number of hydrogen-bond donors (Lipinski definition) is 0. The van der Waals surface area contributed by atoms with Gasteiger partial charge >= 0.3 is 0 Å². The van der Waals surface area contributed by atoms with E-state index in [1.54, 1.807) is 11.3 Å². The van der Waals surface area contributed by atoms with Gasteiger partial charge in [0, 0.05) is 29.1 Å². The molecule has 0 spiro atoms. The number of carbonyl (C=O) groups excluding carboxylic acids is 1. The van der Waals surface area contributed by atoms with Crippen LogP contribution in [-0.4, -0.2) is 48.3 Å². The van der Waals surface area contributed by atoms with E-state index in [9.17, 15) is 4.79 Å². The van der Waals surface area contributed by atoms with Crippen LogP contribution in [0, 0.1) is 0 Å². The summed E-state index contributed by atoms with van der Waals surface area (Å²) in [5.41, 5.74) is 3.44. The van der Waals surface area contributed by atoms with Crippen LogP contribution in [-0.2, 0) is 21.5 Å². The molecule has 194 valence electrons. The van der Waals surface area contributed by atoms with Crippen molar-refractivity contribution >= 4 is 39.1 Å². The van der Waals surface area contributed by atoms with Crippen LogP contribution < -0.4 is 9.47 Å². The number of fused-ring (bicyclic) bond motifs is 2. The quantitative estimate of drug-likeness (QED) is 0.297. The zero-order valence-corrected chi connectivity index (χ0v) is 22.4. The molecular formula is C30H27ClN2O4S. The zero-order chi connectivity index (χ0) is 25.7. The van der Waals surface area contributed by atoms with Crippen molar-refractivity contribution < 1.29 is 19.0 Å². The van der Waals surface area contributed by atoms with Crippen molar-refractivity contribution in [1.29, 1.82) is 0 Å². The van der Waals surface area contributed by atoms with E-state index < -0.39 is 5.41 Å². The van der Waals surface area contributed by atoms with Gasteiger partial charge in [-0.25, -0.2) is 4.98 Å². The number of para-hydroxylation sites is 1. The molecule has 2 aliphatic heterocycles. The topological polar surface area (TPSA) is 60.9 Å². The van der Waals surface area contributed by atoms with Gasteiger partial charge in [-0.3, -0.25) is 4.79 Å². The number of thiazole rings is 1. The highest BCUT2D eigenvalue weighted by molar-refractivity contribution is 7.21. The van der Waals surface area contributed by atoms with Crippen LogP contribution in [0.15, 0.2) is 60.7 Å².